The van der Waals surface area contributed by atoms with Crippen LogP contribution < -0.4 is 5.32 Å². The van der Waals surface area contributed by atoms with Crippen LogP contribution in [-0.2, 0) is 11.4 Å². The number of aliphatic hydroxyl groups is 1. The van der Waals surface area contributed by atoms with Crippen LogP contribution in [0.3, 0.4) is 0 Å². The molecule has 2 aromatic rings. The molecule has 0 aromatic heterocycles. The molecule has 2 aromatic carbocycles. The number of hydrogen-bond acceptors (Lipinski definition) is 3. The van der Waals surface area contributed by atoms with Crippen LogP contribution in [-0.4, -0.2) is 16.8 Å². The lowest BCUT2D eigenvalue weighted by atomic mass is 10.2. The second-order valence-corrected chi connectivity index (χ2v) is 5.72. The summed E-state index contributed by atoms with van der Waals surface area (Å²) in [4.78, 5) is 12.7. The summed E-state index contributed by atoms with van der Waals surface area (Å²) in [5.74, 6) is -0.456. The largest absolute Gasteiger partial charge is 0.392 e. The van der Waals surface area contributed by atoms with Gasteiger partial charge in [-0.2, -0.15) is 0 Å². The van der Waals surface area contributed by atoms with Gasteiger partial charge in [0.25, 0.3) is 0 Å². The molecule has 2 N–H and O–H groups in total. The summed E-state index contributed by atoms with van der Waals surface area (Å²) < 4.78 is 12.9. The Hall–Kier alpha value is -1.56. The van der Waals surface area contributed by atoms with Crippen LogP contribution in [0.2, 0.25) is 5.02 Å². The Bertz CT molecular complexity index is 634. The SMILES string of the molecule is O=C(CSc1ccc(CO)cc1)Nc1ccc(F)cc1Cl. The average molecular weight is 326 g/mol. The van der Waals surface area contributed by atoms with Crippen LogP contribution in [0.5, 0.6) is 0 Å². The smallest absolute Gasteiger partial charge is 0.234 e. The highest BCUT2D eigenvalue weighted by Gasteiger charge is 2.07. The molecular weight excluding hydrogens is 313 g/mol. The van der Waals surface area contributed by atoms with Crippen molar-refractivity contribution in [3.05, 3.63) is 58.9 Å². The molecule has 3 nitrogen and oxygen atoms in total. The molecule has 0 fully saturated rings. The van der Waals surface area contributed by atoms with Gasteiger partial charge < -0.3 is 10.4 Å². The number of rotatable bonds is 5. The number of carbonyl (C=O) groups excluding carboxylic acids is 1. The molecule has 6 heteroatoms. The summed E-state index contributed by atoms with van der Waals surface area (Å²) in [5, 5.41) is 11.7. The zero-order valence-corrected chi connectivity index (χ0v) is 12.5. The Morgan fingerprint density at radius 1 is 1.24 bits per heavy atom. The fraction of sp³-hybridized carbons (Fsp3) is 0.133. The van der Waals surface area contributed by atoms with Crippen molar-refractivity contribution in [1.82, 2.24) is 0 Å². The van der Waals surface area contributed by atoms with Crippen molar-refractivity contribution >= 4 is 35.0 Å². The monoisotopic (exact) mass is 325 g/mol. The van der Waals surface area contributed by atoms with Crippen LogP contribution in [0.4, 0.5) is 10.1 Å². The first kappa shape index (κ1) is 15.8. The highest BCUT2D eigenvalue weighted by atomic mass is 35.5. The highest BCUT2D eigenvalue weighted by molar-refractivity contribution is 8.00. The van der Waals surface area contributed by atoms with Gasteiger partial charge in [-0.15, -0.1) is 11.8 Å². The average Bonchev–Trinajstić information content (AvgIpc) is 2.48. The van der Waals surface area contributed by atoms with Gasteiger partial charge >= 0.3 is 0 Å². The Labute approximate surface area is 131 Å². The van der Waals surface area contributed by atoms with Gasteiger partial charge in [0.1, 0.15) is 5.82 Å². The van der Waals surface area contributed by atoms with E-state index in [2.05, 4.69) is 5.32 Å². The molecule has 0 aliphatic carbocycles. The predicted molar refractivity (Wildman–Crippen MR) is 83.1 cm³/mol. The maximum atomic E-state index is 12.9. The third-order valence-electron chi connectivity index (χ3n) is 2.68. The number of aliphatic hydroxyl groups excluding tert-OH is 1. The first-order valence-corrected chi connectivity index (χ1v) is 7.52. The standard InChI is InChI=1S/C15H13ClFNO2S/c16-13-7-11(17)3-6-14(13)18-15(20)9-21-12-4-1-10(8-19)2-5-12/h1-7,19H,8-9H2,(H,18,20). The van der Waals surface area contributed by atoms with E-state index in [0.29, 0.717) is 5.69 Å². The Kier molecular flexibility index (Phi) is 5.61. The molecule has 21 heavy (non-hydrogen) atoms. The minimum Gasteiger partial charge on any atom is -0.392 e. The van der Waals surface area contributed by atoms with Crippen LogP contribution in [0, 0.1) is 5.82 Å². The summed E-state index contributed by atoms with van der Waals surface area (Å²) in [5.41, 5.74) is 1.21. The van der Waals surface area contributed by atoms with Gasteiger partial charge in [0, 0.05) is 4.90 Å². The summed E-state index contributed by atoms with van der Waals surface area (Å²) >= 11 is 7.20. The van der Waals surface area contributed by atoms with Gasteiger partial charge in [-0.05, 0) is 35.9 Å². The van der Waals surface area contributed by atoms with E-state index >= 15 is 0 Å². The summed E-state index contributed by atoms with van der Waals surface area (Å²) in [6, 6.07) is 11.1. The Balaban J connectivity index is 1.89. The molecule has 0 radical (unpaired) electrons. The van der Waals surface area contributed by atoms with Gasteiger partial charge in [-0.1, -0.05) is 23.7 Å². The van der Waals surface area contributed by atoms with Gasteiger partial charge in [0.05, 0.1) is 23.1 Å². The van der Waals surface area contributed by atoms with E-state index in [9.17, 15) is 9.18 Å². The van der Waals surface area contributed by atoms with Gasteiger partial charge in [-0.3, -0.25) is 4.79 Å². The molecule has 0 aliphatic heterocycles. The molecule has 0 saturated carbocycles. The van der Waals surface area contributed by atoms with Crippen molar-refractivity contribution in [2.75, 3.05) is 11.1 Å². The molecule has 110 valence electrons. The molecule has 0 atom stereocenters. The molecule has 0 bridgehead atoms. The molecule has 2 rings (SSSR count). The number of anilines is 1. The van der Waals surface area contributed by atoms with E-state index in [1.165, 1.54) is 23.9 Å². The number of carbonyl (C=O) groups is 1. The lowest BCUT2D eigenvalue weighted by Gasteiger charge is -2.07. The van der Waals surface area contributed by atoms with Gasteiger partial charge in [-0.25, -0.2) is 4.39 Å². The van der Waals surface area contributed by atoms with Crippen LogP contribution in [0.1, 0.15) is 5.56 Å². The summed E-state index contributed by atoms with van der Waals surface area (Å²) in [6.45, 7) is -0.00546. The molecule has 1 amide bonds. The van der Waals surface area contributed by atoms with Crippen molar-refractivity contribution in [2.45, 2.75) is 11.5 Å². The maximum absolute atomic E-state index is 12.9. The maximum Gasteiger partial charge on any atom is 0.234 e. The zero-order valence-electron chi connectivity index (χ0n) is 11.0. The topological polar surface area (TPSA) is 49.3 Å². The Morgan fingerprint density at radius 2 is 1.95 bits per heavy atom. The molecule has 0 saturated heterocycles. The van der Waals surface area contributed by atoms with E-state index in [4.69, 9.17) is 16.7 Å². The number of hydrogen-bond donors (Lipinski definition) is 2. The normalized spacial score (nSPS) is 10.4. The fourth-order valence-corrected chi connectivity index (χ4v) is 2.53. The lowest BCUT2D eigenvalue weighted by Crippen LogP contribution is -2.14. The lowest BCUT2D eigenvalue weighted by molar-refractivity contribution is -0.113. The minimum atomic E-state index is -0.448. The third kappa shape index (κ3) is 4.74. The molecular formula is C15H13ClFNO2S. The number of nitrogens with one attached hydrogen (secondary N) is 1. The fourth-order valence-electron chi connectivity index (χ4n) is 1.62. The van der Waals surface area contributed by atoms with E-state index in [1.807, 2.05) is 12.1 Å². The van der Waals surface area contributed by atoms with Crippen molar-refractivity contribution in [2.24, 2.45) is 0 Å². The van der Waals surface area contributed by atoms with Crippen LogP contribution >= 0.6 is 23.4 Å². The van der Waals surface area contributed by atoms with E-state index < -0.39 is 5.82 Å². The van der Waals surface area contributed by atoms with Crippen LogP contribution in [0.25, 0.3) is 0 Å². The van der Waals surface area contributed by atoms with Crippen molar-refractivity contribution in [3.8, 4) is 0 Å². The molecule has 0 unspecified atom stereocenters. The van der Waals surface area contributed by atoms with E-state index in [1.54, 1.807) is 12.1 Å². The molecule has 0 aliphatic rings. The molecule has 0 spiro atoms. The van der Waals surface area contributed by atoms with Crippen molar-refractivity contribution in [3.63, 3.8) is 0 Å². The second kappa shape index (κ2) is 7.45. The predicted octanol–water partition coefficient (Wildman–Crippen LogP) is 3.70. The summed E-state index contributed by atoms with van der Waals surface area (Å²) in [7, 11) is 0. The Morgan fingerprint density at radius 3 is 2.57 bits per heavy atom. The van der Waals surface area contributed by atoms with Gasteiger partial charge in [0.2, 0.25) is 5.91 Å². The van der Waals surface area contributed by atoms with Crippen molar-refractivity contribution in [1.29, 1.82) is 0 Å². The number of amides is 1. The zero-order chi connectivity index (χ0) is 15.2. The number of thioether (sulfide) groups is 1. The third-order valence-corrected chi connectivity index (χ3v) is 4.01. The van der Waals surface area contributed by atoms with Crippen LogP contribution in [0.15, 0.2) is 47.4 Å². The van der Waals surface area contributed by atoms with Gasteiger partial charge in [0.15, 0.2) is 0 Å². The van der Waals surface area contributed by atoms with Crippen molar-refractivity contribution < 1.29 is 14.3 Å². The van der Waals surface area contributed by atoms with E-state index in [0.717, 1.165) is 16.5 Å². The first-order chi connectivity index (χ1) is 10.1. The minimum absolute atomic E-state index is 0.00546. The number of benzene rings is 2. The van der Waals surface area contributed by atoms with E-state index in [-0.39, 0.29) is 23.3 Å². The first-order valence-electron chi connectivity index (χ1n) is 6.16. The quantitative estimate of drug-likeness (QED) is 0.824. The molecule has 0 heterocycles. The number of halogens is 2. The summed E-state index contributed by atoms with van der Waals surface area (Å²) in [6.07, 6.45) is 0. The highest BCUT2D eigenvalue weighted by Crippen LogP contribution is 2.23. The second-order valence-electron chi connectivity index (χ2n) is 4.26.